The van der Waals surface area contributed by atoms with Gasteiger partial charge in [0.2, 0.25) is 5.91 Å². The van der Waals surface area contributed by atoms with Crippen LogP contribution in [0.4, 0.5) is 23.7 Å². The third-order valence-electron chi connectivity index (χ3n) is 6.35. The Kier molecular flexibility index (Phi) is 7.82. The number of carbonyl (C=O) groups excluding carboxylic acids is 2. The summed E-state index contributed by atoms with van der Waals surface area (Å²) in [7, 11) is 0. The molecule has 2 unspecified atom stereocenters. The topological polar surface area (TPSA) is 92.7 Å². The molecule has 2 N–H and O–H groups in total. The number of amides is 3. The molecule has 4 rings (SSSR count). The molecule has 0 saturated carbocycles. The minimum Gasteiger partial charge on any atom is -0.406 e. The van der Waals surface area contributed by atoms with Crippen molar-refractivity contribution in [2.24, 2.45) is 5.92 Å². The summed E-state index contributed by atoms with van der Waals surface area (Å²) < 4.78 is 42.7. The number of benzene rings is 1. The summed E-state index contributed by atoms with van der Waals surface area (Å²) in [6.07, 6.45) is -1.63. The van der Waals surface area contributed by atoms with Gasteiger partial charge in [-0.05, 0) is 61.1 Å². The Morgan fingerprint density at radius 1 is 1.14 bits per heavy atom. The Balaban J connectivity index is 1.40. The zero-order valence-electron chi connectivity index (χ0n) is 19.6. The molecule has 3 amide bonds. The number of likely N-dealkylation sites (tertiary alicyclic amines) is 1. The quantitative estimate of drug-likeness (QED) is 0.577. The molecule has 0 radical (unpaired) electrons. The minimum atomic E-state index is -4.80. The third-order valence-corrected chi connectivity index (χ3v) is 6.99. The molecule has 1 saturated heterocycles. The summed E-state index contributed by atoms with van der Waals surface area (Å²) in [5.74, 6) is -0.0348. The van der Waals surface area contributed by atoms with Crippen molar-refractivity contribution in [1.82, 2.24) is 14.8 Å². The number of pyridine rings is 1. The highest BCUT2D eigenvalue weighted by Crippen LogP contribution is 2.35. The first kappa shape index (κ1) is 25.9. The van der Waals surface area contributed by atoms with E-state index in [9.17, 15) is 27.6 Å². The van der Waals surface area contributed by atoms with Gasteiger partial charge in [-0.25, -0.2) is 4.79 Å². The normalized spacial score (nSPS) is 19.7. The zero-order chi connectivity index (χ0) is 25.9. The summed E-state index contributed by atoms with van der Waals surface area (Å²) in [5.41, 5.74) is 1.17. The number of urea groups is 1. The number of halogens is 3. The van der Waals surface area contributed by atoms with Crippen molar-refractivity contribution in [3.05, 3.63) is 58.5 Å². The van der Waals surface area contributed by atoms with Gasteiger partial charge >= 0.3 is 12.4 Å². The fourth-order valence-corrected chi connectivity index (χ4v) is 5.25. The second kappa shape index (κ2) is 10.9. The molecular formula is C24H27F3N4O4S. The standard InChI is InChI=1S/C24H27F3N4O4S/c1-36-10-9-19(22(33)28-17-5-7-18(8-6-17)35-24(25,26)27)29-23(34)30-12-15-11-16(14-30)20-3-2-4-21(32)31(20)13-15/h2-8,15-16,19H,9-14H2,1H3,(H,28,33)(H,29,34)/t15?,16?,19-/m0/s1. The number of ether oxygens (including phenoxy) is 1. The van der Waals surface area contributed by atoms with Crippen LogP contribution >= 0.6 is 11.8 Å². The van der Waals surface area contributed by atoms with Gasteiger partial charge in [0.15, 0.2) is 0 Å². The highest BCUT2D eigenvalue weighted by Gasteiger charge is 2.37. The first-order chi connectivity index (χ1) is 17.1. The van der Waals surface area contributed by atoms with E-state index < -0.39 is 24.1 Å². The van der Waals surface area contributed by atoms with Crippen molar-refractivity contribution in [3.63, 3.8) is 0 Å². The SMILES string of the molecule is CSCC[C@H](NC(=O)N1CC2CC(C1)c1cccc(=O)n1C2)C(=O)Nc1ccc(OC(F)(F)F)cc1. The van der Waals surface area contributed by atoms with E-state index in [1.54, 1.807) is 21.6 Å². The second-order valence-electron chi connectivity index (χ2n) is 8.95. The summed E-state index contributed by atoms with van der Waals surface area (Å²) in [5, 5.41) is 5.48. The first-order valence-electron chi connectivity index (χ1n) is 11.5. The lowest BCUT2D eigenvalue weighted by atomic mass is 9.83. The number of fused-ring (bicyclic) bond motifs is 4. The third kappa shape index (κ3) is 6.34. The fraction of sp³-hybridized carbons (Fsp3) is 0.458. The second-order valence-corrected chi connectivity index (χ2v) is 9.93. The Bertz CT molecular complexity index is 1160. The number of hydrogen-bond donors (Lipinski definition) is 2. The summed E-state index contributed by atoms with van der Waals surface area (Å²) in [6.45, 7) is 1.49. The number of rotatable bonds is 7. The van der Waals surface area contributed by atoms with Crippen molar-refractivity contribution >= 4 is 29.4 Å². The van der Waals surface area contributed by atoms with Crippen molar-refractivity contribution in [2.75, 3.05) is 30.4 Å². The van der Waals surface area contributed by atoms with Gasteiger partial charge in [0.05, 0.1) is 0 Å². The molecule has 0 aliphatic carbocycles. The molecule has 12 heteroatoms. The van der Waals surface area contributed by atoms with E-state index >= 15 is 0 Å². The van der Waals surface area contributed by atoms with Gasteiger partial charge in [-0.2, -0.15) is 11.8 Å². The number of anilines is 1. The van der Waals surface area contributed by atoms with Gasteiger partial charge in [0.1, 0.15) is 11.8 Å². The van der Waals surface area contributed by atoms with Crippen LogP contribution < -0.4 is 20.9 Å². The summed E-state index contributed by atoms with van der Waals surface area (Å²) in [4.78, 5) is 40.0. The lowest BCUT2D eigenvalue weighted by molar-refractivity contribution is -0.274. The first-order valence-corrected chi connectivity index (χ1v) is 12.9. The van der Waals surface area contributed by atoms with E-state index in [1.165, 1.54) is 23.9 Å². The van der Waals surface area contributed by atoms with Gasteiger partial charge in [-0.15, -0.1) is 13.2 Å². The lowest BCUT2D eigenvalue weighted by Gasteiger charge is -2.43. The van der Waals surface area contributed by atoms with Crippen LogP contribution in [0.1, 0.15) is 24.5 Å². The Labute approximate surface area is 210 Å². The highest BCUT2D eigenvalue weighted by atomic mass is 32.2. The van der Waals surface area contributed by atoms with Crippen molar-refractivity contribution in [1.29, 1.82) is 0 Å². The summed E-state index contributed by atoms with van der Waals surface area (Å²) >= 11 is 1.53. The molecule has 8 nitrogen and oxygen atoms in total. The Morgan fingerprint density at radius 2 is 1.89 bits per heavy atom. The number of thioether (sulfide) groups is 1. The maximum Gasteiger partial charge on any atom is 0.573 e. The van der Waals surface area contributed by atoms with Gasteiger partial charge in [0, 0.05) is 43.0 Å². The summed E-state index contributed by atoms with van der Waals surface area (Å²) in [6, 6.07) is 8.83. The Morgan fingerprint density at radius 3 is 2.58 bits per heavy atom. The number of carbonyl (C=O) groups is 2. The van der Waals surface area contributed by atoms with Crippen LogP contribution in [-0.2, 0) is 11.3 Å². The average molecular weight is 525 g/mol. The zero-order valence-corrected chi connectivity index (χ0v) is 20.4. The van der Waals surface area contributed by atoms with Crippen molar-refractivity contribution in [3.8, 4) is 5.75 Å². The lowest BCUT2D eigenvalue weighted by Crippen LogP contribution is -2.55. The van der Waals surface area contributed by atoms with Crippen LogP contribution in [0.25, 0.3) is 0 Å². The number of aromatic nitrogens is 1. The largest absolute Gasteiger partial charge is 0.573 e. The molecule has 3 atom stereocenters. The predicted molar refractivity (Wildman–Crippen MR) is 130 cm³/mol. The molecule has 1 aromatic heterocycles. The van der Waals surface area contributed by atoms with E-state index in [0.717, 1.165) is 24.2 Å². The minimum absolute atomic E-state index is 0.0353. The molecular weight excluding hydrogens is 497 g/mol. The van der Waals surface area contributed by atoms with Crippen LogP contribution in [-0.4, -0.2) is 58.9 Å². The van der Waals surface area contributed by atoms with Crippen molar-refractivity contribution < 1.29 is 27.5 Å². The maximum absolute atomic E-state index is 13.2. The van der Waals surface area contributed by atoms with Gasteiger partial charge < -0.3 is 24.8 Å². The maximum atomic E-state index is 13.2. The van der Waals surface area contributed by atoms with Crippen molar-refractivity contribution in [2.45, 2.75) is 37.7 Å². The van der Waals surface area contributed by atoms with Crippen LogP contribution in [0, 0.1) is 5.92 Å². The average Bonchev–Trinajstić information content (AvgIpc) is 2.82. The highest BCUT2D eigenvalue weighted by molar-refractivity contribution is 7.98. The van der Waals surface area contributed by atoms with Crippen LogP contribution in [0.5, 0.6) is 5.75 Å². The molecule has 194 valence electrons. The molecule has 2 aliphatic rings. The van der Waals surface area contributed by atoms with E-state index in [-0.39, 0.29) is 29.1 Å². The van der Waals surface area contributed by atoms with E-state index in [4.69, 9.17) is 0 Å². The van der Waals surface area contributed by atoms with Crippen LogP contribution in [0.15, 0.2) is 47.3 Å². The number of hydrogen-bond acceptors (Lipinski definition) is 5. The Hall–Kier alpha value is -3.15. The predicted octanol–water partition coefficient (Wildman–Crippen LogP) is 3.64. The van der Waals surface area contributed by atoms with E-state index in [2.05, 4.69) is 15.4 Å². The molecule has 2 aliphatic heterocycles. The molecule has 2 bridgehead atoms. The van der Waals surface area contributed by atoms with Crippen LogP contribution in [0.2, 0.25) is 0 Å². The molecule has 1 fully saturated rings. The fourth-order valence-electron chi connectivity index (χ4n) is 4.78. The van der Waals surface area contributed by atoms with E-state index in [1.807, 2.05) is 12.3 Å². The smallest absolute Gasteiger partial charge is 0.406 e. The monoisotopic (exact) mass is 524 g/mol. The number of piperidine rings is 1. The molecule has 36 heavy (non-hydrogen) atoms. The van der Waals surface area contributed by atoms with E-state index in [0.29, 0.717) is 31.8 Å². The molecule has 1 aromatic carbocycles. The molecule has 3 heterocycles. The molecule has 2 aromatic rings. The number of nitrogens with one attached hydrogen (secondary N) is 2. The number of alkyl halides is 3. The number of nitrogens with zero attached hydrogens (tertiary/aromatic N) is 2. The van der Waals surface area contributed by atoms with Gasteiger partial charge in [-0.3, -0.25) is 9.59 Å². The van der Waals surface area contributed by atoms with Gasteiger partial charge in [0.25, 0.3) is 5.56 Å². The van der Waals surface area contributed by atoms with Gasteiger partial charge in [-0.1, -0.05) is 6.07 Å². The van der Waals surface area contributed by atoms with Crippen LogP contribution in [0.3, 0.4) is 0 Å². The molecule has 0 spiro atoms.